The predicted molar refractivity (Wildman–Crippen MR) is 92.7 cm³/mol. The Bertz CT molecular complexity index is 379. The standard InChI is InChI=1S/C18H33NO5/c1-4-6-7-8-9-10-11-12-13-18(14-16(21)22,19-15(3)20)17(23)24-5-2/h4-14H2,1-3H3,(H,19,20)(H,21,22)/t18-/m0/s1. The molecule has 0 aromatic carbocycles. The lowest BCUT2D eigenvalue weighted by Gasteiger charge is -2.30. The highest BCUT2D eigenvalue weighted by atomic mass is 16.5. The van der Waals surface area contributed by atoms with Gasteiger partial charge in [-0.1, -0.05) is 58.3 Å². The van der Waals surface area contributed by atoms with Crippen molar-refractivity contribution < 1.29 is 24.2 Å². The molecule has 1 amide bonds. The smallest absolute Gasteiger partial charge is 0.332 e. The summed E-state index contributed by atoms with van der Waals surface area (Å²) in [6.45, 7) is 5.27. The van der Waals surface area contributed by atoms with Crippen LogP contribution in [0.1, 0.15) is 85.0 Å². The van der Waals surface area contributed by atoms with Gasteiger partial charge in [-0.25, -0.2) is 4.79 Å². The summed E-state index contributed by atoms with van der Waals surface area (Å²) in [7, 11) is 0. The van der Waals surface area contributed by atoms with Crippen molar-refractivity contribution in [2.75, 3.05) is 6.61 Å². The van der Waals surface area contributed by atoms with E-state index in [0.717, 1.165) is 19.3 Å². The first-order chi connectivity index (χ1) is 11.4. The Labute approximate surface area is 145 Å². The van der Waals surface area contributed by atoms with E-state index >= 15 is 0 Å². The van der Waals surface area contributed by atoms with E-state index in [1.54, 1.807) is 6.92 Å². The Balaban J connectivity index is 4.59. The summed E-state index contributed by atoms with van der Waals surface area (Å²) in [5, 5.41) is 11.7. The van der Waals surface area contributed by atoms with Gasteiger partial charge in [0, 0.05) is 6.92 Å². The molecule has 0 aliphatic carbocycles. The van der Waals surface area contributed by atoms with Gasteiger partial charge in [-0.3, -0.25) is 9.59 Å². The zero-order valence-corrected chi connectivity index (χ0v) is 15.4. The highest BCUT2D eigenvalue weighted by molar-refractivity contribution is 5.91. The van der Waals surface area contributed by atoms with Crippen LogP contribution in [0.2, 0.25) is 0 Å². The molecule has 0 fully saturated rings. The third-order valence-corrected chi connectivity index (χ3v) is 3.99. The molecular weight excluding hydrogens is 310 g/mol. The Morgan fingerprint density at radius 3 is 1.96 bits per heavy atom. The van der Waals surface area contributed by atoms with Crippen LogP contribution in [-0.2, 0) is 19.1 Å². The van der Waals surface area contributed by atoms with Crippen molar-refractivity contribution >= 4 is 17.8 Å². The number of carboxylic acid groups (broad SMARTS) is 1. The monoisotopic (exact) mass is 343 g/mol. The number of hydrogen-bond donors (Lipinski definition) is 2. The van der Waals surface area contributed by atoms with E-state index in [0.29, 0.717) is 6.42 Å². The van der Waals surface area contributed by atoms with Gasteiger partial charge in [0.1, 0.15) is 5.54 Å². The number of carboxylic acids is 1. The topological polar surface area (TPSA) is 92.7 Å². The number of esters is 1. The summed E-state index contributed by atoms with van der Waals surface area (Å²) < 4.78 is 5.01. The van der Waals surface area contributed by atoms with Crippen LogP contribution < -0.4 is 5.32 Å². The van der Waals surface area contributed by atoms with Crippen molar-refractivity contribution in [3.05, 3.63) is 0 Å². The van der Waals surface area contributed by atoms with Gasteiger partial charge >= 0.3 is 11.9 Å². The van der Waals surface area contributed by atoms with Crippen molar-refractivity contribution in [1.82, 2.24) is 5.32 Å². The summed E-state index contributed by atoms with van der Waals surface area (Å²) in [6.07, 6.45) is 8.54. The quantitative estimate of drug-likeness (QED) is 0.372. The van der Waals surface area contributed by atoms with Crippen LogP contribution >= 0.6 is 0 Å². The van der Waals surface area contributed by atoms with E-state index in [1.807, 2.05) is 0 Å². The van der Waals surface area contributed by atoms with E-state index in [2.05, 4.69) is 12.2 Å². The van der Waals surface area contributed by atoms with Gasteiger partial charge in [-0.2, -0.15) is 0 Å². The van der Waals surface area contributed by atoms with E-state index in [9.17, 15) is 14.4 Å². The normalized spacial score (nSPS) is 13.1. The number of carbonyl (C=O) groups is 3. The SMILES string of the molecule is CCCCCCCCCC[C@@](CC(=O)O)(NC(C)=O)C(=O)OCC. The van der Waals surface area contributed by atoms with E-state index in [1.165, 1.54) is 32.6 Å². The molecule has 1 atom stereocenters. The molecule has 0 aromatic rings. The van der Waals surface area contributed by atoms with Crippen molar-refractivity contribution in [3.8, 4) is 0 Å². The summed E-state index contributed by atoms with van der Waals surface area (Å²) in [5.74, 6) is -2.22. The maximum atomic E-state index is 12.3. The highest BCUT2D eigenvalue weighted by Gasteiger charge is 2.42. The lowest BCUT2D eigenvalue weighted by Crippen LogP contribution is -2.56. The van der Waals surface area contributed by atoms with Crippen LogP contribution in [0.3, 0.4) is 0 Å². The minimum Gasteiger partial charge on any atom is -0.481 e. The minimum atomic E-state index is -1.46. The molecule has 6 heteroatoms. The lowest BCUT2D eigenvalue weighted by atomic mass is 9.88. The van der Waals surface area contributed by atoms with Gasteiger partial charge in [0.05, 0.1) is 13.0 Å². The lowest BCUT2D eigenvalue weighted by molar-refractivity contribution is -0.158. The summed E-state index contributed by atoms with van der Waals surface area (Å²) in [4.78, 5) is 34.9. The number of aliphatic carboxylic acids is 1. The number of unbranched alkanes of at least 4 members (excludes halogenated alkanes) is 7. The fraction of sp³-hybridized carbons (Fsp3) is 0.833. The molecule has 0 aromatic heterocycles. The Hall–Kier alpha value is -1.59. The van der Waals surface area contributed by atoms with Crippen LogP contribution in [0.15, 0.2) is 0 Å². The van der Waals surface area contributed by atoms with Gasteiger partial charge in [0.2, 0.25) is 5.91 Å². The average Bonchev–Trinajstić information content (AvgIpc) is 2.48. The number of hydrogen-bond acceptors (Lipinski definition) is 4. The van der Waals surface area contributed by atoms with Crippen molar-refractivity contribution in [3.63, 3.8) is 0 Å². The summed E-state index contributed by atoms with van der Waals surface area (Å²) in [6, 6.07) is 0. The second-order valence-electron chi connectivity index (χ2n) is 6.28. The molecule has 2 N–H and O–H groups in total. The molecule has 0 saturated heterocycles. The van der Waals surface area contributed by atoms with E-state index in [4.69, 9.17) is 9.84 Å². The molecule has 6 nitrogen and oxygen atoms in total. The van der Waals surface area contributed by atoms with Crippen LogP contribution in [0.5, 0.6) is 0 Å². The molecule has 0 saturated carbocycles. The number of amides is 1. The number of ether oxygens (including phenoxy) is 1. The van der Waals surface area contributed by atoms with Gasteiger partial charge in [-0.15, -0.1) is 0 Å². The first-order valence-corrected chi connectivity index (χ1v) is 9.05. The number of carbonyl (C=O) groups excluding carboxylic acids is 2. The second kappa shape index (κ2) is 12.8. The molecule has 0 unspecified atom stereocenters. The van der Waals surface area contributed by atoms with Gasteiger partial charge in [0.25, 0.3) is 0 Å². The molecule has 0 radical (unpaired) electrons. The second-order valence-corrected chi connectivity index (χ2v) is 6.28. The first kappa shape index (κ1) is 22.4. The van der Waals surface area contributed by atoms with Gasteiger partial charge in [0.15, 0.2) is 0 Å². The fourth-order valence-electron chi connectivity index (χ4n) is 2.85. The highest BCUT2D eigenvalue weighted by Crippen LogP contribution is 2.23. The van der Waals surface area contributed by atoms with Crippen LogP contribution in [0.4, 0.5) is 0 Å². The zero-order chi connectivity index (χ0) is 18.4. The van der Waals surface area contributed by atoms with Crippen molar-refractivity contribution in [2.24, 2.45) is 0 Å². The molecule has 0 spiro atoms. The maximum absolute atomic E-state index is 12.3. The zero-order valence-electron chi connectivity index (χ0n) is 15.4. The van der Waals surface area contributed by atoms with E-state index < -0.39 is 29.8 Å². The molecule has 0 rings (SSSR count). The molecule has 140 valence electrons. The average molecular weight is 343 g/mol. The summed E-state index contributed by atoms with van der Waals surface area (Å²) in [5.41, 5.74) is -1.46. The molecular formula is C18H33NO5. The van der Waals surface area contributed by atoms with Crippen molar-refractivity contribution in [1.29, 1.82) is 0 Å². The minimum absolute atomic E-state index is 0.150. The molecule has 0 heterocycles. The van der Waals surface area contributed by atoms with Crippen molar-refractivity contribution in [2.45, 2.75) is 90.5 Å². The van der Waals surface area contributed by atoms with Gasteiger partial charge in [-0.05, 0) is 13.3 Å². The third-order valence-electron chi connectivity index (χ3n) is 3.99. The molecule has 0 aliphatic rings. The predicted octanol–water partition coefficient (Wildman–Crippen LogP) is 3.43. The fourth-order valence-corrected chi connectivity index (χ4v) is 2.85. The molecule has 24 heavy (non-hydrogen) atoms. The van der Waals surface area contributed by atoms with Crippen LogP contribution in [0, 0.1) is 0 Å². The number of nitrogens with one attached hydrogen (secondary N) is 1. The number of rotatable bonds is 14. The largest absolute Gasteiger partial charge is 0.481 e. The summed E-state index contributed by atoms with van der Waals surface area (Å²) >= 11 is 0. The Morgan fingerprint density at radius 1 is 0.958 bits per heavy atom. The maximum Gasteiger partial charge on any atom is 0.332 e. The van der Waals surface area contributed by atoms with Crippen LogP contribution in [-0.4, -0.2) is 35.1 Å². The first-order valence-electron chi connectivity index (χ1n) is 9.05. The molecule has 0 aliphatic heterocycles. The van der Waals surface area contributed by atoms with Gasteiger partial charge < -0.3 is 15.2 Å². The van der Waals surface area contributed by atoms with E-state index in [-0.39, 0.29) is 13.0 Å². The molecule has 0 bridgehead atoms. The Morgan fingerprint density at radius 2 is 1.50 bits per heavy atom. The third kappa shape index (κ3) is 9.53. The van der Waals surface area contributed by atoms with Crippen LogP contribution in [0.25, 0.3) is 0 Å². The Kier molecular flexibility index (Phi) is 11.9.